The number of carbonyl (C=O) groups is 1. The second kappa shape index (κ2) is 5.27. The van der Waals surface area contributed by atoms with E-state index in [2.05, 4.69) is 0 Å². The summed E-state index contributed by atoms with van der Waals surface area (Å²) in [5, 5.41) is 11.6. The monoisotopic (exact) mass is 267 g/mol. The number of halogens is 4. The first-order chi connectivity index (χ1) is 7.79. The fraction of sp³-hybridized carbons (Fsp3) is 0.300. The maximum absolute atomic E-state index is 11.8. The molecule has 0 fully saturated rings. The van der Waals surface area contributed by atoms with Gasteiger partial charge in [0.05, 0.1) is 12.0 Å². The van der Waals surface area contributed by atoms with Crippen molar-refractivity contribution < 1.29 is 23.1 Å². The molecule has 94 valence electrons. The molecule has 2 N–H and O–H groups in total. The van der Waals surface area contributed by atoms with Crippen molar-refractivity contribution in [2.24, 2.45) is 0 Å². The molecule has 1 aromatic rings. The highest BCUT2D eigenvalue weighted by Crippen LogP contribution is 2.22. The Kier molecular flexibility index (Phi) is 4.22. The molecule has 0 unspecified atom stereocenters. The van der Waals surface area contributed by atoms with Crippen molar-refractivity contribution in [2.75, 3.05) is 6.54 Å². The van der Waals surface area contributed by atoms with E-state index in [4.69, 9.17) is 11.6 Å². The lowest BCUT2D eigenvalue weighted by molar-refractivity contribution is -0.132. The Morgan fingerprint density at radius 3 is 2.65 bits per heavy atom. The van der Waals surface area contributed by atoms with E-state index in [1.54, 1.807) is 0 Å². The summed E-state index contributed by atoms with van der Waals surface area (Å²) in [5.41, 5.74) is -0.153. The third-order valence-electron chi connectivity index (χ3n) is 1.90. The van der Waals surface area contributed by atoms with Gasteiger partial charge in [-0.25, -0.2) is 0 Å². The summed E-state index contributed by atoms with van der Waals surface area (Å²) in [7, 11) is 0. The van der Waals surface area contributed by atoms with Crippen molar-refractivity contribution in [1.29, 1.82) is 0 Å². The van der Waals surface area contributed by atoms with E-state index in [0.29, 0.717) is 0 Å². The number of amides is 1. The highest BCUT2D eigenvalue weighted by molar-refractivity contribution is 6.31. The van der Waals surface area contributed by atoms with E-state index in [-0.39, 0.29) is 16.3 Å². The SMILES string of the molecule is O=C(NCCC(F)(F)F)c1cc(Cl)ccc1O. The molecule has 17 heavy (non-hydrogen) atoms. The van der Waals surface area contributed by atoms with Gasteiger partial charge in [-0.05, 0) is 18.2 Å². The molecule has 0 aromatic heterocycles. The molecular weight excluding hydrogens is 259 g/mol. The number of phenols is 1. The van der Waals surface area contributed by atoms with E-state index >= 15 is 0 Å². The molecule has 1 rings (SSSR count). The minimum atomic E-state index is -4.33. The lowest BCUT2D eigenvalue weighted by atomic mass is 10.2. The number of hydrogen-bond acceptors (Lipinski definition) is 2. The smallest absolute Gasteiger partial charge is 0.390 e. The Balaban J connectivity index is 2.61. The van der Waals surface area contributed by atoms with Crippen LogP contribution in [0.3, 0.4) is 0 Å². The third-order valence-corrected chi connectivity index (χ3v) is 2.13. The van der Waals surface area contributed by atoms with Crippen molar-refractivity contribution in [1.82, 2.24) is 5.32 Å². The van der Waals surface area contributed by atoms with Gasteiger partial charge in [0.15, 0.2) is 0 Å². The summed E-state index contributed by atoms with van der Waals surface area (Å²) in [5.74, 6) is -1.13. The molecule has 0 aliphatic carbocycles. The molecule has 0 radical (unpaired) electrons. The number of hydrogen-bond donors (Lipinski definition) is 2. The molecule has 0 saturated heterocycles. The average molecular weight is 268 g/mol. The first kappa shape index (κ1) is 13.6. The fourth-order valence-corrected chi connectivity index (χ4v) is 1.28. The van der Waals surface area contributed by atoms with Gasteiger partial charge in [-0.3, -0.25) is 4.79 Å². The molecule has 0 aliphatic rings. The van der Waals surface area contributed by atoms with Crippen molar-refractivity contribution in [3.8, 4) is 5.75 Å². The van der Waals surface area contributed by atoms with Crippen molar-refractivity contribution in [3.05, 3.63) is 28.8 Å². The summed E-state index contributed by atoms with van der Waals surface area (Å²) in [6.07, 6.45) is -5.45. The number of rotatable bonds is 3. The van der Waals surface area contributed by atoms with Gasteiger partial charge in [-0.1, -0.05) is 11.6 Å². The summed E-state index contributed by atoms with van der Waals surface area (Å²) < 4.78 is 35.5. The topological polar surface area (TPSA) is 49.3 Å². The fourth-order valence-electron chi connectivity index (χ4n) is 1.10. The Morgan fingerprint density at radius 2 is 2.06 bits per heavy atom. The van der Waals surface area contributed by atoms with Crippen LogP contribution in [0.4, 0.5) is 13.2 Å². The summed E-state index contributed by atoms with van der Waals surface area (Å²) in [6, 6.07) is 3.74. The summed E-state index contributed by atoms with van der Waals surface area (Å²) in [4.78, 5) is 11.4. The van der Waals surface area contributed by atoms with Crippen LogP contribution in [0, 0.1) is 0 Å². The van der Waals surface area contributed by atoms with Crippen LogP contribution < -0.4 is 5.32 Å². The van der Waals surface area contributed by atoms with Crippen LogP contribution in [0.5, 0.6) is 5.75 Å². The van der Waals surface area contributed by atoms with Gasteiger partial charge >= 0.3 is 6.18 Å². The molecule has 0 spiro atoms. The quantitative estimate of drug-likeness (QED) is 0.885. The minimum absolute atomic E-state index is 0.153. The molecule has 1 aromatic carbocycles. The number of carbonyl (C=O) groups excluding carboxylic acids is 1. The van der Waals surface area contributed by atoms with Crippen LogP contribution in [-0.2, 0) is 0 Å². The summed E-state index contributed by atoms with van der Waals surface area (Å²) >= 11 is 5.60. The predicted octanol–water partition coefficient (Wildman–Crippen LogP) is 2.73. The van der Waals surface area contributed by atoms with E-state index in [9.17, 15) is 23.1 Å². The maximum Gasteiger partial charge on any atom is 0.390 e. The average Bonchev–Trinajstić information content (AvgIpc) is 2.19. The van der Waals surface area contributed by atoms with Crippen LogP contribution in [0.15, 0.2) is 18.2 Å². The molecule has 0 saturated carbocycles. The Hall–Kier alpha value is -1.43. The first-order valence-corrected chi connectivity index (χ1v) is 5.01. The van der Waals surface area contributed by atoms with Gasteiger partial charge in [0, 0.05) is 11.6 Å². The lowest BCUT2D eigenvalue weighted by Crippen LogP contribution is -2.27. The van der Waals surface area contributed by atoms with Crippen molar-refractivity contribution in [3.63, 3.8) is 0 Å². The summed E-state index contributed by atoms with van der Waals surface area (Å²) in [6.45, 7) is -0.547. The van der Waals surface area contributed by atoms with E-state index in [1.165, 1.54) is 18.2 Å². The molecular formula is C10H9ClF3NO2. The molecule has 0 aliphatic heterocycles. The number of phenolic OH excluding ortho intramolecular Hbond substituents is 1. The van der Waals surface area contributed by atoms with Crippen LogP contribution in [0.2, 0.25) is 5.02 Å². The molecule has 3 nitrogen and oxygen atoms in total. The largest absolute Gasteiger partial charge is 0.507 e. The van der Waals surface area contributed by atoms with Crippen molar-refractivity contribution in [2.45, 2.75) is 12.6 Å². The van der Waals surface area contributed by atoms with Crippen molar-refractivity contribution >= 4 is 17.5 Å². The van der Waals surface area contributed by atoms with Gasteiger partial charge in [0.2, 0.25) is 0 Å². The zero-order chi connectivity index (χ0) is 13.1. The second-order valence-electron chi connectivity index (χ2n) is 3.28. The standard InChI is InChI=1S/C10H9ClF3NO2/c11-6-1-2-8(16)7(5-6)9(17)15-4-3-10(12,13)14/h1-2,5,16H,3-4H2,(H,15,17). The number of alkyl halides is 3. The number of aromatic hydroxyl groups is 1. The van der Waals surface area contributed by atoms with Crippen LogP contribution >= 0.6 is 11.6 Å². The zero-order valence-corrected chi connectivity index (χ0v) is 9.27. The van der Waals surface area contributed by atoms with Crippen LogP contribution in [0.25, 0.3) is 0 Å². The van der Waals surface area contributed by atoms with Gasteiger partial charge in [0.1, 0.15) is 5.75 Å². The third kappa shape index (κ3) is 4.52. The Morgan fingerprint density at radius 1 is 1.41 bits per heavy atom. The van der Waals surface area contributed by atoms with Gasteiger partial charge < -0.3 is 10.4 Å². The number of benzene rings is 1. The maximum atomic E-state index is 11.8. The molecule has 1 amide bonds. The van der Waals surface area contributed by atoms with E-state index in [0.717, 1.165) is 0 Å². The molecule has 7 heteroatoms. The molecule has 0 bridgehead atoms. The highest BCUT2D eigenvalue weighted by Gasteiger charge is 2.26. The Labute approximate surface area is 100 Å². The minimum Gasteiger partial charge on any atom is -0.507 e. The van der Waals surface area contributed by atoms with Crippen LogP contribution in [-0.4, -0.2) is 23.7 Å². The van der Waals surface area contributed by atoms with Crippen LogP contribution in [0.1, 0.15) is 16.8 Å². The second-order valence-corrected chi connectivity index (χ2v) is 3.72. The van der Waals surface area contributed by atoms with Gasteiger partial charge in [-0.2, -0.15) is 13.2 Å². The molecule has 0 heterocycles. The first-order valence-electron chi connectivity index (χ1n) is 4.63. The zero-order valence-electron chi connectivity index (χ0n) is 8.51. The molecule has 0 atom stereocenters. The normalized spacial score (nSPS) is 11.3. The van der Waals surface area contributed by atoms with Gasteiger partial charge in [0.25, 0.3) is 5.91 Å². The van der Waals surface area contributed by atoms with Gasteiger partial charge in [-0.15, -0.1) is 0 Å². The highest BCUT2D eigenvalue weighted by atomic mass is 35.5. The number of nitrogens with one attached hydrogen (secondary N) is 1. The van der Waals surface area contributed by atoms with E-state index in [1.807, 2.05) is 5.32 Å². The Bertz CT molecular complexity index is 421. The lowest BCUT2D eigenvalue weighted by Gasteiger charge is -2.09. The predicted molar refractivity (Wildman–Crippen MR) is 56.1 cm³/mol. The van der Waals surface area contributed by atoms with E-state index < -0.39 is 25.0 Å².